The molecule has 1 fully saturated rings. The van der Waals surface area contributed by atoms with E-state index in [9.17, 15) is 9.59 Å². The quantitative estimate of drug-likeness (QED) is 0.714. The topological polar surface area (TPSA) is 79.9 Å². The highest BCUT2D eigenvalue weighted by Crippen LogP contribution is 2.22. The number of amides is 2. The lowest BCUT2D eigenvalue weighted by Crippen LogP contribution is -2.41. The van der Waals surface area contributed by atoms with Crippen LogP contribution in [0.2, 0.25) is 0 Å². The van der Waals surface area contributed by atoms with E-state index >= 15 is 0 Å². The Kier molecular flexibility index (Phi) is 6.83. The number of carbonyl (C=O) groups excluding carboxylic acids is 2. The molecule has 1 aliphatic rings. The molecule has 0 aliphatic carbocycles. The first-order chi connectivity index (χ1) is 11.2. The number of benzene rings is 1. The zero-order valence-electron chi connectivity index (χ0n) is 13.3. The van der Waals surface area contributed by atoms with Crippen LogP contribution in [-0.4, -0.2) is 63.2 Å². The number of methoxy groups -OCH3 is 1. The zero-order chi connectivity index (χ0) is 16.5. The Morgan fingerprint density at radius 2 is 1.96 bits per heavy atom. The molecule has 1 saturated heterocycles. The summed E-state index contributed by atoms with van der Waals surface area (Å²) in [5.41, 5.74) is 0.557. The second-order valence-corrected chi connectivity index (χ2v) is 5.23. The van der Waals surface area contributed by atoms with Gasteiger partial charge in [-0.1, -0.05) is 12.1 Å². The SMILES string of the molecule is COc1ccccc1NC(=O)CC(=O)NCCN1CCOCC1. The number of ether oxygens (including phenoxy) is 2. The number of morpholine rings is 1. The Morgan fingerprint density at radius 1 is 1.22 bits per heavy atom. The van der Waals surface area contributed by atoms with Crippen molar-refractivity contribution in [2.24, 2.45) is 0 Å². The van der Waals surface area contributed by atoms with Crippen LogP contribution in [0.1, 0.15) is 6.42 Å². The Hall–Kier alpha value is -2.12. The highest BCUT2D eigenvalue weighted by Gasteiger charge is 2.13. The summed E-state index contributed by atoms with van der Waals surface area (Å²) < 4.78 is 10.4. The summed E-state index contributed by atoms with van der Waals surface area (Å²) in [6, 6.07) is 7.08. The summed E-state index contributed by atoms with van der Waals surface area (Å²) in [5, 5.41) is 5.44. The van der Waals surface area contributed by atoms with Crippen molar-refractivity contribution in [3.63, 3.8) is 0 Å². The number of carbonyl (C=O) groups is 2. The van der Waals surface area contributed by atoms with E-state index in [2.05, 4.69) is 15.5 Å². The van der Waals surface area contributed by atoms with Gasteiger partial charge >= 0.3 is 0 Å². The molecule has 1 aromatic rings. The lowest BCUT2D eigenvalue weighted by Gasteiger charge is -2.26. The van der Waals surface area contributed by atoms with Crippen LogP contribution < -0.4 is 15.4 Å². The molecule has 0 unspecified atom stereocenters. The summed E-state index contributed by atoms with van der Waals surface area (Å²) in [6.45, 7) is 4.52. The van der Waals surface area contributed by atoms with Gasteiger partial charge in [-0.25, -0.2) is 0 Å². The Balaban J connectivity index is 1.68. The maximum absolute atomic E-state index is 11.9. The van der Waals surface area contributed by atoms with Crippen LogP contribution >= 0.6 is 0 Å². The van der Waals surface area contributed by atoms with E-state index in [1.807, 2.05) is 6.07 Å². The minimum Gasteiger partial charge on any atom is -0.495 e. The molecule has 23 heavy (non-hydrogen) atoms. The van der Waals surface area contributed by atoms with Crippen molar-refractivity contribution in [2.45, 2.75) is 6.42 Å². The zero-order valence-corrected chi connectivity index (χ0v) is 13.3. The third-order valence-electron chi connectivity index (χ3n) is 3.56. The van der Waals surface area contributed by atoms with Gasteiger partial charge in [-0.05, 0) is 12.1 Å². The number of nitrogens with one attached hydrogen (secondary N) is 2. The van der Waals surface area contributed by atoms with Gasteiger partial charge in [-0.15, -0.1) is 0 Å². The second-order valence-electron chi connectivity index (χ2n) is 5.23. The van der Waals surface area contributed by atoms with Crippen molar-refractivity contribution in [3.8, 4) is 5.75 Å². The number of hydrogen-bond donors (Lipinski definition) is 2. The number of rotatable bonds is 7. The first-order valence-corrected chi connectivity index (χ1v) is 7.68. The van der Waals surface area contributed by atoms with Crippen LogP contribution in [0.3, 0.4) is 0 Å². The van der Waals surface area contributed by atoms with Gasteiger partial charge in [0.05, 0.1) is 26.0 Å². The van der Waals surface area contributed by atoms with Crippen LogP contribution in [0, 0.1) is 0 Å². The lowest BCUT2D eigenvalue weighted by molar-refractivity contribution is -0.126. The first-order valence-electron chi connectivity index (χ1n) is 7.68. The molecular formula is C16H23N3O4. The van der Waals surface area contributed by atoms with E-state index in [1.165, 1.54) is 7.11 Å². The van der Waals surface area contributed by atoms with Crippen molar-refractivity contribution >= 4 is 17.5 Å². The molecule has 0 aromatic heterocycles. The minimum atomic E-state index is -0.363. The molecule has 0 bridgehead atoms. The van der Waals surface area contributed by atoms with Gasteiger partial charge in [0.15, 0.2) is 0 Å². The predicted molar refractivity (Wildman–Crippen MR) is 86.5 cm³/mol. The van der Waals surface area contributed by atoms with Gasteiger partial charge in [0.25, 0.3) is 0 Å². The monoisotopic (exact) mass is 321 g/mol. The molecule has 0 saturated carbocycles. The van der Waals surface area contributed by atoms with Crippen LogP contribution in [0.4, 0.5) is 5.69 Å². The highest BCUT2D eigenvalue weighted by atomic mass is 16.5. The Bertz CT molecular complexity index is 530. The summed E-state index contributed by atoms with van der Waals surface area (Å²) in [6.07, 6.45) is -0.207. The van der Waals surface area contributed by atoms with Crippen molar-refractivity contribution in [1.29, 1.82) is 0 Å². The van der Waals surface area contributed by atoms with Crippen LogP contribution in [0.15, 0.2) is 24.3 Å². The van der Waals surface area contributed by atoms with Gasteiger partial charge in [0.2, 0.25) is 11.8 Å². The number of anilines is 1. The molecule has 7 nitrogen and oxygen atoms in total. The van der Waals surface area contributed by atoms with Crippen molar-refractivity contribution in [2.75, 3.05) is 51.8 Å². The van der Waals surface area contributed by atoms with Gasteiger partial charge < -0.3 is 20.1 Å². The van der Waals surface area contributed by atoms with Crippen LogP contribution in [0.5, 0.6) is 5.75 Å². The van der Waals surface area contributed by atoms with E-state index < -0.39 is 0 Å². The third kappa shape index (κ3) is 5.88. The summed E-state index contributed by atoms with van der Waals surface area (Å²) in [7, 11) is 1.53. The summed E-state index contributed by atoms with van der Waals surface area (Å²) in [5.74, 6) is -0.0856. The molecule has 2 N–H and O–H groups in total. The Labute approximate surface area is 135 Å². The van der Waals surface area contributed by atoms with E-state index in [4.69, 9.17) is 9.47 Å². The molecule has 1 heterocycles. The normalized spacial score (nSPS) is 15.0. The number of nitrogens with zero attached hydrogens (tertiary/aromatic N) is 1. The molecule has 126 valence electrons. The largest absolute Gasteiger partial charge is 0.495 e. The van der Waals surface area contributed by atoms with Gasteiger partial charge in [-0.3, -0.25) is 14.5 Å². The Morgan fingerprint density at radius 3 is 2.70 bits per heavy atom. The maximum Gasteiger partial charge on any atom is 0.233 e. The fraction of sp³-hybridized carbons (Fsp3) is 0.500. The molecule has 2 rings (SSSR count). The number of para-hydroxylation sites is 2. The maximum atomic E-state index is 11.9. The summed E-state index contributed by atoms with van der Waals surface area (Å²) in [4.78, 5) is 25.9. The first kappa shape index (κ1) is 17.2. The summed E-state index contributed by atoms with van der Waals surface area (Å²) >= 11 is 0. The standard InChI is InChI=1S/C16H23N3O4/c1-22-14-5-3-2-4-13(14)18-16(21)12-15(20)17-6-7-19-8-10-23-11-9-19/h2-5H,6-12H2,1H3,(H,17,20)(H,18,21). The molecule has 0 atom stereocenters. The average Bonchev–Trinajstić information content (AvgIpc) is 2.56. The second kappa shape index (κ2) is 9.12. The average molecular weight is 321 g/mol. The van der Waals surface area contributed by atoms with Gasteiger partial charge in [0, 0.05) is 26.2 Å². The van der Waals surface area contributed by atoms with Crippen molar-refractivity contribution < 1.29 is 19.1 Å². The number of hydrogen-bond acceptors (Lipinski definition) is 5. The van der Waals surface area contributed by atoms with Gasteiger partial charge in [-0.2, -0.15) is 0 Å². The van der Waals surface area contributed by atoms with E-state index in [0.717, 1.165) is 32.8 Å². The highest BCUT2D eigenvalue weighted by molar-refractivity contribution is 6.04. The van der Waals surface area contributed by atoms with E-state index in [-0.39, 0.29) is 18.2 Å². The molecule has 0 radical (unpaired) electrons. The van der Waals surface area contributed by atoms with Crippen LogP contribution in [-0.2, 0) is 14.3 Å². The molecule has 1 aliphatic heterocycles. The lowest BCUT2D eigenvalue weighted by atomic mass is 10.2. The molecule has 1 aromatic carbocycles. The predicted octanol–water partition coefficient (Wildman–Crippen LogP) is 0.472. The van der Waals surface area contributed by atoms with Gasteiger partial charge in [0.1, 0.15) is 12.2 Å². The van der Waals surface area contributed by atoms with E-state index in [1.54, 1.807) is 18.2 Å². The smallest absolute Gasteiger partial charge is 0.233 e. The minimum absolute atomic E-state index is 0.207. The molecule has 7 heteroatoms. The van der Waals surface area contributed by atoms with Crippen molar-refractivity contribution in [1.82, 2.24) is 10.2 Å². The van der Waals surface area contributed by atoms with Crippen LogP contribution in [0.25, 0.3) is 0 Å². The molecular weight excluding hydrogens is 298 g/mol. The fourth-order valence-electron chi connectivity index (χ4n) is 2.33. The molecule has 0 spiro atoms. The third-order valence-corrected chi connectivity index (χ3v) is 3.56. The molecule has 2 amide bonds. The van der Waals surface area contributed by atoms with E-state index in [0.29, 0.717) is 18.0 Å². The van der Waals surface area contributed by atoms with Crippen molar-refractivity contribution in [3.05, 3.63) is 24.3 Å². The fourth-order valence-corrected chi connectivity index (χ4v) is 2.33.